The number of halogens is 1. The molecular formula is C15H24ClN3O2. The highest BCUT2D eigenvalue weighted by molar-refractivity contribution is 5.92. The van der Waals surface area contributed by atoms with Crippen LogP contribution in [0.4, 0.5) is 0 Å². The molecule has 1 aromatic rings. The van der Waals surface area contributed by atoms with Crippen LogP contribution in [0.5, 0.6) is 0 Å². The number of hydrogen-bond donors (Lipinski definition) is 1. The highest BCUT2D eigenvalue weighted by Crippen LogP contribution is 2.39. The quantitative estimate of drug-likeness (QED) is 0.864. The predicted molar refractivity (Wildman–Crippen MR) is 82.9 cm³/mol. The number of carbonyl (C=O) groups excluding carboxylic acids is 1. The normalized spacial score (nSPS) is 21.1. The van der Waals surface area contributed by atoms with Gasteiger partial charge in [0.15, 0.2) is 5.89 Å². The van der Waals surface area contributed by atoms with Gasteiger partial charge in [-0.25, -0.2) is 4.98 Å². The van der Waals surface area contributed by atoms with E-state index in [1.165, 1.54) is 12.8 Å². The van der Waals surface area contributed by atoms with Crippen molar-refractivity contribution in [1.29, 1.82) is 0 Å². The molecule has 0 radical (unpaired) electrons. The van der Waals surface area contributed by atoms with Crippen LogP contribution in [0.15, 0.2) is 4.42 Å². The van der Waals surface area contributed by atoms with Gasteiger partial charge in [0, 0.05) is 20.0 Å². The molecule has 0 bridgehead atoms. The van der Waals surface area contributed by atoms with Crippen LogP contribution in [0, 0.1) is 19.3 Å². The molecule has 2 aliphatic heterocycles. The molecule has 2 saturated heterocycles. The van der Waals surface area contributed by atoms with E-state index >= 15 is 0 Å². The number of carbonyl (C=O) groups is 1. The van der Waals surface area contributed by atoms with Gasteiger partial charge in [-0.1, -0.05) is 0 Å². The molecule has 1 amide bonds. The van der Waals surface area contributed by atoms with Crippen molar-refractivity contribution in [2.24, 2.45) is 5.41 Å². The molecule has 21 heavy (non-hydrogen) atoms. The molecule has 3 heterocycles. The zero-order valence-electron chi connectivity index (χ0n) is 12.8. The van der Waals surface area contributed by atoms with Crippen molar-refractivity contribution in [2.45, 2.75) is 39.5 Å². The van der Waals surface area contributed by atoms with Crippen LogP contribution in [0.3, 0.4) is 0 Å². The van der Waals surface area contributed by atoms with Gasteiger partial charge in [0.2, 0.25) is 5.76 Å². The number of hydrogen-bond acceptors (Lipinski definition) is 4. The fourth-order valence-corrected chi connectivity index (χ4v) is 3.51. The minimum Gasteiger partial charge on any atom is -0.436 e. The van der Waals surface area contributed by atoms with Crippen LogP contribution < -0.4 is 5.32 Å². The van der Waals surface area contributed by atoms with E-state index in [2.05, 4.69) is 10.3 Å². The summed E-state index contributed by atoms with van der Waals surface area (Å²) in [5.41, 5.74) is 1.17. The first kappa shape index (κ1) is 16.3. The second-order valence-electron chi connectivity index (χ2n) is 6.19. The van der Waals surface area contributed by atoms with Crippen molar-refractivity contribution < 1.29 is 9.21 Å². The molecule has 6 heteroatoms. The van der Waals surface area contributed by atoms with Crippen molar-refractivity contribution in [3.63, 3.8) is 0 Å². The summed E-state index contributed by atoms with van der Waals surface area (Å²) in [6.07, 6.45) is 4.73. The lowest BCUT2D eigenvalue weighted by Crippen LogP contribution is -2.47. The molecular weight excluding hydrogens is 290 g/mol. The van der Waals surface area contributed by atoms with E-state index in [9.17, 15) is 4.79 Å². The highest BCUT2D eigenvalue weighted by Gasteiger charge is 2.37. The molecule has 0 aromatic carbocycles. The summed E-state index contributed by atoms with van der Waals surface area (Å²) in [5.74, 6) is 0.994. The van der Waals surface area contributed by atoms with Crippen molar-refractivity contribution in [2.75, 3.05) is 26.2 Å². The first-order valence-electron chi connectivity index (χ1n) is 7.54. The van der Waals surface area contributed by atoms with E-state index in [1.807, 2.05) is 11.8 Å². The van der Waals surface area contributed by atoms with E-state index in [4.69, 9.17) is 4.42 Å². The molecule has 118 valence electrons. The van der Waals surface area contributed by atoms with Crippen molar-refractivity contribution in [3.8, 4) is 0 Å². The molecule has 0 unspecified atom stereocenters. The lowest BCUT2D eigenvalue weighted by molar-refractivity contribution is 0.0468. The van der Waals surface area contributed by atoms with Crippen molar-refractivity contribution >= 4 is 18.3 Å². The Morgan fingerprint density at radius 1 is 1.19 bits per heavy atom. The Bertz CT molecular complexity index is 499. The number of aromatic nitrogens is 1. The van der Waals surface area contributed by atoms with Crippen LogP contribution in [0.2, 0.25) is 0 Å². The standard InChI is InChI=1S/C15H23N3O2.ClH/c1-11-13(20-12(2)17-11)14(19)18-9-5-15(6-10-18)3-7-16-8-4-15;/h16H,3-10H2,1-2H3;1H. The van der Waals surface area contributed by atoms with Gasteiger partial charge in [-0.15, -0.1) is 12.4 Å². The maximum Gasteiger partial charge on any atom is 0.291 e. The van der Waals surface area contributed by atoms with E-state index < -0.39 is 0 Å². The van der Waals surface area contributed by atoms with E-state index in [0.717, 1.165) is 39.0 Å². The molecule has 0 atom stereocenters. The summed E-state index contributed by atoms with van der Waals surface area (Å²) in [5, 5.41) is 3.42. The average molecular weight is 314 g/mol. The number of piperidine rings is 2. The number of amides is 1. The fourth-order valence-electron chi connectivity index (χ4n) is 3.51. The zero-order valence-corrected chi connectivity index (χ0v) is 13.6. The molecule has 1 spiro atoms. The Hall–Kier alpha value is -1.07. The Kier molecular flexibility index (Phi) is 4.94. The van der Waals surface area contributed by atoms with Crippen LogP contribution in [0.1, 0.15) is 47.8 Å². The second-order valence-corrected chi connectivity index (χ2v) is 6.19. The second kappa shape index (κ2) is 6.36. The van der Waals surface area contributed by atoms with Gasteiger partial charge in [-0.3, -0.25) is 4.79 Å². The first-order chi connectivity index (χ1) is 9.60. The van der Waals surface area contributed by atoms with Gasteiger partial charge in [-0.2, -0.15) is 0 Å². The Morgan fingerprint density at radius 2 is 1.81 bits per heavy atom. The maximum atomic E-state index is 12.5. The maximum absolute atomic E-state index is 12.5. The largest absolute Gasteiger partial charge is 0.436 e. The average Bonchev–Trinajstić information content (AvgIpc) is 2.79. The van der Waals surface area contributed by atoms with Gasteiger partial charge in [-0.05, 0) is 51.1 Å². The number of rotatable bonds is 1. The molecule has 1 aromatic heterocycles. The monoisotopic (exact) mass is 313 g/mol. The number of nitrogens with zero attached hydrogens (tertiary/aromatic N) is 2. The predicted octanol–water partition coefficient (Wildman–Crippen LogP) is 2.32. The number of nitrogens with one attached hydrogen (secondary N) is 1. The molecule has 1 N–H and O–H groups in total. The fraction of sp³-hybridized carbons (Fsp3) is 0.733. The van der Waals surface area contributed by atoms with Gasteiger partial charge in [0.05, 0.1) is 5.69 Å². The molecule has 2 fully saturated rings. The highest BCUT2D eigenvalue weighted by atomic mass is 35.5. The smallest absolute Gasteiger partial charge is 0.291 e. The summed E-state index contributed by atoms with van der Waals surface area (Å²) in [6.45, 7) is 7.55. The van der Waals surface area contributed by atoms with Gasteiger partial charge >= 0.3 is 0 Å². The number of aryl methyl sites for hydroxylation is 2. The van der Waals surface area contributed by atoms with E-state index in [1.54, 1.807) is 6.92 Å². The first-order valence-corrected chi connectivity index (χ1v) is 7.54. The SMILES string of the molecule is Cc1nc(C)c(C(=O)N2CCC3(CCNCC3)CC2)o1.Cl. The van der Waals surface area contributed by atoms with E-state index in [-0.39, 0.29) is 18.3 Å². The summed E-state index contributed by atoms with van der Waals surface area (Å²) < 4.78 is 5.45. The summed E-state index contributed by atoms with van der Waals surface area (Å²) in [4.78, 5) is 18.6. The summed E-state index contributed by atoms with van der Waals surface area (Å²) >= 11 is 0. The molecule has 2 aliphatic rings. The van der Waals surface area contributed by atoms with Gasteiger partial charge < -0.3 is 14.6 Å². The molecule has 3 rings (SSSR count). The third-order valence-electron chi connectivity index (χ3n) is 4.87. The number of oxazole rings is 1. The Balaban J connectivity index is 0.00000161. The summed E-state index contributed by atoms with van der Waals surface area (Å²) in [7, 11) is 0. The lowest BCUT2D eigenvalue weighted by Gasteiger charge is -2.44. The topological polar surface area (TPSA) is 58.4 Å². The van der Waals surface area contributed by atoms with Crippen molar-refractivity contribution in [3.05, 3.63) is 17.3 Å². The third kappa shape index (κ3) is 3.24. The zero-order chi connectivity index (χ0) is 14.2. The van der Waals surface area contributed by atoms with Gasteiger partial charge in [0.1, 0.15) is 0 Å². The van der Waals surface area contributed by atoms with Crippen molar-refractivity contribution in [1.82, 2.24) is 15.2 Å². The van der Waals surface area contributed by atoms with Crippen LogP contribution in [0.25, 0.3) is 0 Å². The lowest BCUT2D eigenvalue weighted by atomic mass is 9.71. The van der Waals surface area contributed by atoms with Crippen LogP contribution >= 0.6 is 12.4 Å². The van der Waals surface area contributed by atoms with Crippen LogP contribution in [-0.4, -0.2) is 42.0 Å². The minimum atomic E-state index is 0. The molecule has 0 aliphatic carbocycles. The van der Waals surface area contributed by atoms with Crippen LogP contribution in [-0.2, 0) is 0 Å². The van der Waals surface area contributed by atoms with Gasteiger partial charge in [0.25, 0.3) is 5.91 Å². The third-order valence-corrected chi connectivity index (χ3v) is 4.87. The molecule has 0 saturated carbocycles. The minimum absolute atomic E-state index is 0. The Morgan fingerprint density at radius 3 is 2.33 bits per heavy atom. The van der Waals surface area contributed by atoms with E-state index in [0.29, 0.717) is 22.8 Å². The number of likely N-dealkylation sites (tertiary alicyclic amines) is 1. The molecule has 5 nitrogen and oxygen atoms in total. The summed E-state index contributed by atoms with van der Waals surface area (Å²) in [6, 6.07) is 0. The Labute approximate surface area is 131 Å².